The highest BCUT2D eigenvalue weighted by molar-refractivity contribution is 5.40. The maximum Gasteiger partial charge on any atom is 0.0126 e. The highest BCUT2D eigenvalue weighted by atomic mass is 14.5. The van der Waals surface area contributed by atoms with Crippen molar-refractivity contribution in [2.75, 3.05) is 0 Å². The van der Waals surface area contributed by atoms with E-state index in [1.807, 2.05) is 22.3 Å². The van der Waals surface area contributed by atoms with Gasteiger partial charge in [-0.05, 0) is 75.5 Å². The van der Waals surface area contributed by atoms with Crippen molar-refractivity contribution in [1.29, 1.82) is 0 Å². The summed E-state index contributed by atoms with van der Waals surface area (Å²) in [6.07, 6.45) is 24.2. The molecule has 0 nitrogen and oxygen atoms in total. The molecule has 1 aliphatic carbocycles. The first-order chi connectivity index (χ1) is 17.0. The topological polar surface area (TPSA) is 0 Å². The molecular formula is C35H66. The first-order valence-corrected chi connectivity index (χ1v) is 16.5. The molecule has 0 spiro atoms. The summed E-state index contributed by atoms with van der Waals surface area (Å²) in [5.41, 5.74) is 8.16. The lowest BCUT2D eigenvalue weighted by Crippen LogP contribution is -2.37. The van der Waals surface area contributed by atoms with Crippen LogP contribution in [0.4, 0.5) is 0 Å². The van der Waals surface area contributed by atoms with Gasteiger partial charge in [0.2, 0.25) is 0 Å². The lowest BCUT2D eigenvalue weighted by Gasteiger charge is -2.49. The van der Waals surface area contributed by atoms with Crippen molar-refractivity contribution in [1.82, 2.24) is 0 Å². The van der Waals surface area contributed by atoms with E-state index in [1.54, 1.807) is 0 Å². The lowest BCUT2D eigenvalue weighted by atomic mass is 9.55. The van der Waals surface area contributed by atoms with Crippen LogP contribution in [0, 0.1) is 23.2 Å². The summed E-state index contributed by atoms with van der Waals surface area (Å²) in [4.78, 5) is 0. The third-order valence-electron chi connectivity index (χ3n) is 9.07. The minimum atomic E-state index is 0.333. The number of hydrogen-bond donors (Lipinski definition) is 0. The summed E-state index contributed by atoms with van der Waals surface area (Å²) in [5, 5.41) is 0. The molecule has 0 heterocycles. The third kappa shape index (κ3) is 7.98. The van der Waals surface area contributed by atoms with Crippen molar-refractivity contribution >= 4 is 0 Å². The fourth-order valence-corrected chi connectivity index (χ4v) is 8.27. The van der Waals surface area contributed by atoms with Gasteiger partial charge in [-0.15, -0.1) is 0 Å². The maximum atomic E-state index is 2.47. The van der Waals surface area contributed by atoms with E-state index >= 15 is 0 Å². The van der Waals surface area contributed by atoms with E-state index in [1.165, 1.54) is 116 Å². The average molecular weight is 487 g/mol. The Balaban J connectivity index is 4.29. The van der Waals surface area contributed by atoms with E-state index in [9.17, 15) is 0 Å². The summed E-state index contributed by atoms with van der Waals surface area (Å²) in [5.74, 6) is 2.46. The molecule has 1 rings (SSSR count). The minimum Gasteiger partial charge on any atom is -0.0667 e. The second-order valence-electron chi connectivity index (χ2n) is 11.8. The number of hydrogen-bond acceptors (Lipinski definition) is 0. The molecule has 206 valence electrons. The Morgan fingerprint density at radius 1 is 0.429 bits per heavy atom. The van der Waals surface area contributed by atoms with Gasteiger partial charge in [0.05, 0.1) is 0 Å². The van der Waals surface area contributed by atoms with Crippen molar-refractivity contribution < 1.29 is 0 Å². The van der Waals surface area contributed by atoms with Gasteiger partial charge in [0, 0.05) is 5.41 Å². The van der Waals surface area contributed by atoms with Gasteiger partial charge in [-0.1, -0.05) is 142 Å². The second-order valence-corrected chi connectivity index (χ2v) is 11.8. The highest BCUT2D eigenvalue weighted by Crippen LogP contribution is 2.57. The van der Waals surface area contributed by atoms with E-state index in [2.05, 4.69) is 62.3 Å². The molecule has 3 atom stereocenters. The zero-order chi connectivity index (χ0) is 26.3. The molecule has 0 bridgehead atoms. The molecule has 0 saturated heterocycles. The van der Waals surface area contributed by atoms with Gasteiger partial charge in [0.15, 0.2) is 0 Å². The van der Waals surface area contributed by atoms with Crippen molar-refractivity contribution in [3.8, 4) is 0 Å². The molecule has 0 unspecified atom stereocenters. The fourth-order valence-electron chi connectivity index (χ4n) is 8.27. The number of rotatable bonds is 18. The molecule has 0 aromatic rings. The normalized spacial score (nSPS) is 27.2. The maximum absolute atomic E-state index is 2.47. The Labute approximate surface area is 223 Å². The molecule has 0 aromatic heterocycles. The molecule has 0 heteroatoms. The molecule has 0 saturated carbocycles. The Kier molecular flexibility index (Phi) is 16.6. The van der Waals surface area contributed by atoms with Crippen molar-refractivity contribution in [2.45, 2.75) is 178 Å². The van der Waals surface area contributed by atoms with Gasteiger partial charge in [0.25, 0.3) is 0 Å². The predicted molar refractivity (Wildman–Crippen MR) is 161 cm³/mol. The molecule has 0 N–H and O–H groups in total. The first-order valence-electron chi connectivity index (χ1n) is 16.5. The SMILES string of the molecule is CCC/C1=C(\CCC)C(CCC)(CCC)/C(CCC)=C(/CCC)[C@H](CCC)[C@H](CCC)[C@@H]1CCC. The van der Waals surface area contributed by atoms with Crippen LogP contribution in [0.2, 0.25) is 0 Å². The van der Waals surface area contributed by atoms with Gasteiger partial charge < -0.3 is 0 Å². The van der Waals surface area contributed by atoms with Gasteiger partial charge in [0.1, 0.15) is 0 Å². The van der Waals surface area contributed by atoms with E-state index in [4.69, 9.17) is 0 Å². The molecule has 0 amide bonds. The first kappa shape index (κ1) is 32.5. The number of allylic oxidation sites excluding steroid dienone is 4. The van der Waals surface area contributed by atoms with Gasteiger partial charge in [-0.25, -0.2) is 0 Å². The van der Waals surface area contributed by atoms with E-state index in [-0.39, 0.29) is 0 Å². The van der Waals surface area contributed by atoms with Crippen LogP contribution >= 0.6 is 0 Å². The Morgan fingerprint density at radius 3 is 1.09 bits per heavy atom. The summed E-state index contributed by atoms with van der Waals surface area (Å²) in [7, 11) is 0. The molecule has 0 aliphatic heterocycles. The van der Waals surface area contributed by atoms with Crippen LogP contribution in [0.3, 0.4) is 0 Å². The highest BCUT2D eigenvalue weighted by Gasteiger charge is 2.44. The largest absolute Gasteiger partial charge is 0.0667 e. The van der Waals surface area contributed by atoms with E-state index < -0.39 is 0 Å². The monoisotopic (exact) mass is 487 g/mol. The third-order valence-corrected chi connectivity index (χ3v) is 9.07. The van der Waals surface area contributed by atoms with Gasteiger partial charge in [-0.2, -0.15) is 0 Å². The van der Waals surface area contributed by atoms with Crippen LogP contribution < -0.4 is 0 Å². The molecule has 0 fully saturated rings. The second kappa shape index (κ2) is 17.9. The Bertz CT molecular complexity index is 566. The summed E-state index contributed by atoms with van der Waals surface area (Å²) in [6, 6.07) is 0. The van der Waals surface area contributed by atoms with E-state index in [0.717, 1.165) is 17.8 Å². The summed E-state index contributed by atoms with van der Waals surface area (Å²) >= 11 is 0. The average Bonchev–Trinajstić information content (AvgIpc) is 2.84. The predicted octanol–water partition coefficient (Wildman–Crippen LogP) is 12.6. The van der Waals surface area contributed by atoms with E-state index in [0.29, 0.717) is 5.41 Å². The molecular weight excluding hydrogens is 420 g/mol. The van der Waals surface area contributed by atoms with Crippen LogP contribution in [-0.4, -0.2) is 0 Å². The minimum absolute atomic E-state index is 0.333. The quantitative estimate of drug-likeness (QED) is 0.169. The Morgan fingerprint density at radius 2 is 0.800 bits per heavy atom. The van der Waals surface area contributed by atoms with Crippen molar-refractivity contribution in [2.24, 2.45) is 23.2 Å². The van der Waals surface area contributed by atoms with Crippen LogP contribution in [0.15, 0.2) is 22.3 Å². The summed E-state index contributed by atoms with van der Waals surface area (Å²) in [6.45, 7) is 22.1. The van der Waals surface area contributed by atoms with Gasteiger partial charge in [-0.3, -0.25) is 0 Å². The van der Waals surface area contributed by atoms with Crippen LogP contribution in [0.25, 0.3) is 0 Å². The lowest BCUT2D eigenvalue weighted by molar-refractivity contribution is 0.206. The zero-order valence-corrected chi connectivity index (χ0v) is 26.0. The Hall–Kier alpha value is -0.520. The van der Waals surface area contributed by atoms with Crippen LogP contribution in [0.1, 0.15) is 178 Å². The van der Waals surface area contributed by atoms with Crippen molar-refractivity contribution in [3.05, 3.63) is 22.3 Å². The van der Waals surface area contributed by atoms with Crippen LogP contribution in [0.5, 0.6) is 0 Å². The summed E-state index contributed by atoms with van der Waals surface area (Å²) < 4.78 is 0. The molecule has 1 aliphatic rings. The zero-order valence-electron chi connectivity index (χ0n) is 26.0. The smallest absolute Gasteiger partial charge is 0.0126 e. The van der Waals surface area contributed by atoms with Crippen molar-refractivity contribution in [3.63, 3.8) is 0 Å². The van der Waals surface area contributed by atoms with Gasteiger partial charge >= 0.3 is 0 Å². The standard InChI is InChI=1S/C35H66/c1-10-19-28-29(20-11-2)31(22-13-4)33(24-15-6)35(26-17-8,27-18-9)34(25-16-7)32(23-14-5)30(28)21-12-3/h28-30H,10-27H2,1-9H3/b33-31-,34-32-/t28-,29+,30-. The molecule has 35 heavy (non-hydrogen) atoms. The molecule has 0 aromatic carbocycles. The molecule has 0 radical (unpaired) electrons. The fraction of sp³-hybridized carbons (Fsp3) is 0.886. The van der Waals surface area contributed by atoms with Crippen LogP contribution in [-0.2, 0) is 0 Å².